The van der Waals surface area contributed by atoms with Crippen molar-refractivity contribution in [3.05, 3.63) is 70.8 Å². The lowest BCUT2D eigenvalue weighted by Gasteiger charge is -2.37. The molecule has 0 radical (unpaired) electrons. The van der Waals surface area contributed by atoms with E-state index >= 15 is 0 Å². The van der Waals surface area contributed by atoms with Crippen molar-refractivity contribution in [3.8, 4) is 0 Å². The number of piperidine rings is 1. The lowest BCUT2D eigenvalue weighted by atomic mass is 9.88. The Balaban J connectivity index is 1.46. The topological polar surface area (TPSA) is 69.7 Å². The van der Waals surface area contributed by atoms with Crippen LogP contribution >= 0.6 is 0 Å². The Morgan fingerprint density at radius 3 is 2.00 bits per heavy atom. The molecule has 0 aliphatic carbocycles. The summed E-state index contributed by atoms with van der Waals surface area (Å²) in [5.41, 5.74) is 3.34. The van der Waals surface area contributed by atoms with Crippen molar-refractivity contribution >= 4 is 17.7 Å². The first-order chi connectivity index (χ1) is 15.9. The van der Waals surface area contributed by atoms with Gasteiger partial charge in [0.15, 0.2) is 0 Å². The summed E-state index contributed by atoms with van der Waals surface area (Å²) in [6.45, 7) is 6.60. The largest absolute Gasteiger partial charge is 0.341 e. The van der Waals surface area contributed by atoms with Crippen LogP contribution in [0.5, 0.6) is 0 Å². The minimum Gasteiger partial charge on any atom is -0.341 e. The van der Waals surface area contributed by atoms with Gasteiger partial charge in [-0.25, -0.2) is 0 Å². The fourth-order valence-electron chi connectivity index (χ4n) is 4.92. The van der Waals surface area contributed by atoms with Crippen molar-refractivity contribution in [2.24, 2.45) is 5.92 Å². The molecule has 2 aliphatic rings. The second-order valence-electron chi connectivity index (χ2n) is 9.35. The van der Waals surface area contributed by atoms with Crippen LogP contribution in [0, 0.1) is 19.8 Å². The Hall–Kier alpha value is -3.15. The van der Waals surface area contributed by atoms with E-state index in [1.165, 1.54) is 0 Å². The van der Waals surface area contributed by atoms with Gasteiger partial charge in [0.05, 0.1) is 0 Å². The zero-order chi connectivity index (χ0) is 23.4. The van der Waals surface area contributed by atoms with Crippen molar-refractivity contribution in [2.45, 2.75) is 45.6 Å². The zero-order valence-corrected chi connectivity index (χ0v) is 19.5. The highest BCUT2D eigenvalue weighted by atomic mass is 16.2. The molecule has 2 saturated heterocycles. The number of carbonyl (C=O) groups is 3. The van der Waals surface area contributed by atoms with E-state index in [4.69, 9.17) is 0 Å². The number of hydrogen-bond donors (Lipinski definition) is 1. The van der Waals surface area contributed by atoms with Crippen LogP contribution in [-0.4, -0.2) is 59.7 Å². The number of nitrogens with zero attached hydrogens (tertiary/aromatic N) is 2. The Morgan fingerprint density at radius 2 is 1.39 bits per heavy atom. The standard InChI is InChI=1S/C27H33N3O3/c1-19-7-5-9-22(17-19)25(31)28-24(27(33)29-13-3-4-14-29)21-11-15-30(16-12-21)26(32)23-10-6-8-20(2)18-23/h5-10,17-18,21,24H,3-4,11-16H2,1-2H3,(H,28,31)/t24-/m0/s1. The highest BCUT2D eigenvalue weighted by Crippen LogP contribution is 2.25. The van der Waals surface area contributed by atoms with E-state index in [2.05, 4.69) is 5.32 Å². The maximum atomic E-state index is 13.4. The number of hydrogen-bond acceptors (Lipinski definition) is 3. The second-order valence-corrected chi connectivity index (χ2v) is 9.35. The molecular weight excluding hydrogens is 414 g/mol. The van der Waals surface area contributed by atoms with Gasteiger partial charge < -0.3 is 15.1 Å². The maximum Gasteiger partial charge on any atom is 0.253 e. The SMILES string of the molecule is Cc1cccc(C(=O)N[C@H](C(=O)N2CCCC2)C2CCN(C(=O)c3cccc(C)c3)CC2)c1. The molecule has 6 nitrogen and oxygen atoms in total. The van der Waals surface area contributed by atoms with Crippen LogP contribution in [0.2, 0.25) is 0 Å². The molecule has 2 aliphatic heterocycles. The molecule has 0 bridgehead atoms. The van der Waals surface area contributed by atoms with Gasteiger partial charge in [-0.2, -0.15) is 0 Å². The summed E-state index contributed by atoms with van der Waals surface area (Å²) in [6, 6.07) is 14.5. The molecule has 2 aromatic rings. The molecule has 2 aromatic carbocycles. The van der Waals surface area contributed by atoms with Crippen molar-refractivity contribution in [3.63, 3.8) is 0 Å². The Kier molecular flexibility index (Phi) is 7.11. The summed E-state index contributed by atoms with van der Waals surface area (Å²) in [7, 11) is 0. The summed E-state index contributed by atoms with van der Waals surface area (Å²) in [4.78, 5) is 43.1. The van der Waals surface area contributed by atoms with E-state index in [1.54, 1.807) is 6.07 Å². The monoisotopic (exact) mass is 447 g/mol. The first-order valence-electron chi connectivity index (χ1n) is 11.9. The van der Waals surface area contributed by atoms with Crippen LogP contribution in [-0.2, 0) is 4.79 Å². The number of aryl methyl sites for hydroxylation is 2. The molecule has 3 amide bonds. The Bertz CT molecular complexity index is 1020. The quantitative estimate of drug-likeness (QED) is 0.762. The minimum absolute atomic E-state index is 0.00780. The van der Waals surface area contributed by atoms with E-state index in [0.29, 0.717) is 37.1 Å². The molecule has 4 rings (SSSR count). The van der Waals surface area contributed by atoms with E-state index in [-0.39, 0.29) is 23.6 Å². The van der Waals surface area contributed by atoms with Gasteiger partial charge in [0, 0.05) is 37.3 Å². The lowest BCUT2D eigenvalue weighted by molar-refractivity contribution is -0.134. The van der Waals surface area contributed by atoms with Crippen LogP contribution in [0.4, 0.5) is 0 Å². The number of carbonyl (C=O) groups excluding carboxylic acids is 3. The van der Waals surface area contributed by atoms with Crippen molar-refractivity contribution in [1.29, 1.82) is 0 Å². The number of benzene rings is 2. The first-order valence-corrected chi connectivity index (χ1v) is 11.9. The molecule has 0 unspecified atom stereocenters. The molecule has 0 spiro atoms. The fourth-order valence-corrected chi connectivity index (χ4v) is 4.92. The van der Waals surface area contributed by atoms with E-state index in [0.717, 1.165) is 37.1 Å². The molecule has 0 saturated carbocycles. The van der Waals surface area contributed by atoms with Crippen LogP contribution < -0.4 is 5.32 Å². The third kappa shape index (κ3) is 5.44. The molecule has 1 N–H and O–H groups in total. The van der Waals surface area contributed by atoms with Gasteiger partial charge in [0.2, 0.25) is 5.91 Å². The van der Waals surface area contributed by atoms with Gasteiger partial charge >= 0.3 is 0 Å². The van der Waals surface area contributed by atoms with Crippen LogP contribution in [0.1, 0.15) is 57.5 Å². The Morgan fingerprint density at radius 1 is 0.818 bits per heavy atom. The molecule has 6 heteroatoms. The van der Waals surface area contributed by atoms with Gasteiger partial charge in [-0.1, -0.05) is 35.4 Å². The molecular formula is C27H33N3O3. The second kappa shape index (κ2) is 10.2. The lowest BCUT2D eigenvalue weighted by Crippen LogP contribution is -2.54. The fraction of sp³-hybridized carbons (Fsp3) is 0.444. The number of amides is 3. The van der Waals surface area contributed by atoms with Crippen molar-refractivity contribution in [1.82, 2.24) is 15.1 Å². The van der Waals surface area contributed by atoms with Crippen molar-refractivity contribution < 1.29 is 14.4 Å². The number of likely N-dealkylation sites (tertiary alicyclic amines) is 2. The smallest absolute Gasteiger partial charge is 0.253 e. The molecule has 2 fully saturated rings. The highest BCUT2D eigenvalue weighted by molar-refractivity contribution is 5.98. The summed E-state index contributed by atoms with van der Waals surface area (Å²) in [5, 5.41) is 3.06. The van der Waals surface area contributed by atoms with Crippen LogP contribution in [0.15, 0.2) is 48.5 Å². The average Bonchev–Trinajstić information content (AvgIpc) is 3.37. The zero-order valence-electron chi connectivity index (χ0n) is 19.5. The molecule has 33 heavy (non-hydrogen) atoms. The van der Waals surface area contributed by atoms with E-state index in [9.17, 15) is 14.4 Å². The highest BCUT2D eigenvalue weighted by Gasteiger charge is 2.37. The van der Waals surface area contributed by atoms with E-state index < -0.39 is 6.04 Å². The molecule has 0 aromatic heterocycles. The first kappa shape index (κ1) is 23.0. The summed E-state index contributed by atoms with van der Waals surface area (Å²) in [6.07, 6.45) is 3.40. The number of rotatable bonds is 5. The van der Waals surface area contributed by atoms with E-state index in [1.807, 2.05) is 66.1 Å². The maximum absolute atomic E-state index is 13.4. The van der Waals surface area contributed by atoms with Crippen LogP contribution in [0.3, 0.4) is 0 Å². The summed E-state index contributed by atoms with van der Waals surface area (Å²) >= 11 is 0. The van der Waals surface area contributed by atoms with Gasteiger partial charge in [-0.15, -0.1) is 0 Å². The third-order valence-electron chi connectivity index (χ3n) is 6.81. The third-order valence-corrected chi connectivity index (χ3v) is 6.81. The summed E-state index contributed by atoms with van der Waals surface area (Å²) < 4.78 is 0. The number of nitrogens with one attached hydrogen (secondary N) is 1. The van der Waals surface area contributed by atoms with Gasteiger partial charge in [0.1, 0.15) is 6.04 Å². The minimum atomic E-state index is -0.563. The predicted octanol–water partition coefficient (Wildman–Crippen LogP) is 3.58. The summed E-state index contributed by atoms with van der Waals surface area (Å²) in [5.74, 6) is -0.164. The molecule has 1 atom stereocenters. The average molecular weight is 448 g/mol. The van der Waals surface area contributed by atoms with Gasteiger partial charge in [0.25, 0.3) is 11.8 Å². The normalized spacial score (nSPS) is 17.6. The Labute approximate surface area is 196 Å². The van der Waals surface area contributed by atoms with Gasteiger partial charge in [-0.05, 0) is 69.7 Å². The molecule has 2 heterocycles. The molecule has 174 valence electrons. The van der Waals surface area contributed by atoms with Crippen LogP contribution in [0.25, 0.3) is 0 Å². The van der Waals surface area contributed by atoms with Crippen molar-refractivity contribution in [2.75, 3.05) is 26.2 Å². The van der Waals surface area contributed by atoms with Gasteiger partial charge in [-0.3, -0.25) is 14.4 Å². The predicted molar refractivity (Wildman–Crippen MR) is 128 cm³/mol.